The summed E-state index contributed by atoms with van der Waals surface area (Å²) < 4.78 is 59.1. The van der Waals surface area contributed by atoms with Gasteiger partial charge in [-0.05, 0) is 31.2 Å². The number of aliphatic hydroxyl groups excluding tert-OH is 1. The quantitative estimate of drug-likeness (QED) is 0.759. The van der Waals surface area contributed by atoms with E-state index in [4.69, 9.17) is 5.11 Å². The third kappa shape index (κ3) is 3.84. The van der Waals surface area contributed by atoms with E-state index in [9.17, 15) is 26.7 Å². The summed E-state index contributed by atoms with van der Waals surface area (Å²) in [4.78, 5) is -0.857. The van der Waals surface area contributed by atoms with Gasteiger partial charge >= 0.3 is 5.51 Å². The SMILES string of the molecule is CC(O)(CO)CNc1ccc(S(=O)(=O)C(F)(F)F)cc1. The monoisotopic (exact) mass is 313 g/mol. The fraction of sp³-hybridized carbons (Fsp3) is 0.455. The molecule has 114 valence electrons. The second-order valence-corrected chi connectivity index (χ2v) is 6.42. The highest BCUT2D eigenvalue weighted by Crippen LogP contribution is 2.30. The van der Waals surface area contributed by atoms with Crippen LogP contribution in [0.25, 0.3) is 0 Å². The minimum absolute atomic E-state index is 0.0468. The predicted molar refractivity (Wildman–Crippen MR) is 65.9 cm³/mol. The van der Waals surface area contributed by atoms with E-state index in [-0.39, 0.29) is 6.54 Å². The fourth-order valence-electron chi connectivity index (χ4n) is 1.23. The molecule has 1 unspecified atom stereocenters. The number of alkyl halides is 3. The normalized spacial score (nSPS) is 15.7. The number of anilines is 1. The molecule has 0 amide bonds. The van der Waals surface area contributed by atoms with Crippen LogP contribution in [0.4, 0.5) is 18.9 Å². The smallest absolute Gasteiger partial charge is 0.393 e. The lowest BCUT2D eigenvalue weighted by atomic mass is 10.1. The van der Waals surface area contributed by atoms with E-state index in [0.29, 0.717) is 5.69 Å². The summed E-state index contributed by atoms with van der Waals surface area (Å²) in [5.74, 6) is 0. The number of benzene rings is 1. The van der Waals surface area contributed by atoms with E-state index >= 15 is 0 Å². The maximum Gasteiger partial charge on any atom is 0.501 e. The van der Waals surface area contributed by atoms with Gasteiger partial charge in [-0.15, -0.1) is 0 Å². The molecule has 0 bridgehead atoms. The lowest BCUT2D eigenvalue weighted by Crippen LogP contribution is -2.37. The molecule has 5 nitrogen and oxygen atoms in total. The summed E-state index contributed by atoms with van der Waals surface area (Å²) in [7, 11) is -5.36. The molecule has 0 heterocycles. The molecule has 0 aliphatic rings. The van der Waals surface area contributed by atoms with E-state index in [0.717, 1.165) is 24.3 Å². The standard InChI is InChI=1S/C11H14F3NO4S/c1-10(17,7-16)6-15-8-2-4-9(5-3-8)20(18,19)11(12,13)14/h2-5,15-17H,6-7H2,1H3. The molecule has 0 aliphatic carbocycles. The zero-order chi connectivity index (χ0) is 15.6. The average Bonchev–Trinajstić information content (AvgIpc) is 2.36. The molecule has 9 heteroatoms. The van der Waals surface area contributed by atoms with Gasteiger partial charge in [-0.25, -0.2) is 8.42 Å². The van der Waals surface area contributed by atoms with E-state index in [1.165, 1.54) is 6.92 Å². The largest absolute Gasteiger partial charge is 0.501 e. The van der Waals surface area contributed by atoms with Crippen molar-refractivity contribution in [3.05, 3.63) is 24.3 Å². The van der Waals surface area contributed by atoms with Gasteiger partial charge in [0, 0.05) is 12.2 Å². The lowest BCUT2D eigenvalue weighted by Gasteiger charge is -2.21. The zero-order valence-electron chi connectivity index (χ0n) is 10.5. The third-order valence-electron chi connectivity index (χ3n) is 2.48. The van der Waals surface area contributed by atoms with Crippen LogP contribution < -0.4 is 5.32 Å². The van der Waals surface area contributed by atoms with Crippen molar-refractivity contribution in [2.24, 2.45) is 0 Å². The minimum atomic E-state index is -5.36. The number of nitrogens with one attached hydrogen (secondary N) is 1. The second kappa shape index (κ2) is 5.58. The van der Waals surface area contributed by atoms with Crippen LogP contribution >= 0.6 is 0 Å². The molecule has 3 N–H and O–H groups in total. The van der Waals surface area contributed by atoms with E-state index in [1.807, 2.05) is 0 Å². The van der Waals surface area contributed by atoms with Crippen molar-refractivity contribution in [2.45, 2.75) is 22.9 Å². The minimum Gasteiger partial charge on any atom is -0.393 e. The highest BCUT2D eigenvalue weighted by molar-refractivity contribution is 7.92. The summed E-state index contributed by atoms with van der Waals surface area (Å²) in [6.45, 7) is 0.817. The molecule has 1 rings (SSSR count). The van der Waals surface area contributed by atoms with Gasteiger partial charge in [-0.2, -0.15) is 13.2 Å². The number of hydrogen-bond donors (Lipinski definition) is 3. The Balaban J connectivity index is 2.86. The van der Waals surface area contributed by atoms with E-state index in [2.05, 4.69) is 5.32 Å². The van der Waals surface area contributed by atoms with Crippen molar-refractivity contribution in [1.29, 1.82) is 0 Å². The van der Waals surface area contributed by atoms with Crippen LogP contribution in [-0.2, 0) is 9.84 Å². The van der Waals surface area contributed by atoms with Crippen molar-refractivity contribution in [3.8, 4) is 0 Å². The first-order valence-electron chi connectivity index (χ1n) is 5.48. The number of halogens is 3. The van der Waals surface area contributed by atoms with Crippen LogP contribution in [0.15, 0.2) is 29.2 Å². The Morgan fingerprint density at radius 1 is 1.20 bits per heavy atom. The van der Waals surface area contributed by atoms with E-state index in [1.54, 1.807) is 0 Å². The molecular formula is C11H14F3NO4S. The van der Waals surface area contributed by atoms with Crippen molar-refractivity contribution >= 4 is 15.5 Å². The summed E-state index contributed by atoms with van der Waals surface area (Å²) in [5.41, 5.74) is -6.42. The molecule has 0 radical (unpaired) electrons. The molecule has 20 heavy (non-hydrogen) atoms. The Hall–Kier alpha value is -1.32. The maximum absolute atomic E-state index is 12.3. The number of aliphatic hydroxyl groups is 2. The Kier molecular flexibility index (Phi) is 4.67. The summed E-state index contributed by atoms with van der Waals surface area (Å²) >= 11 is 0. The highest BCUT2D eigenvalue weighted by atomic mass is 32.2. The van der Waals surface area contributed by atoms with Crippen LogP contribution in [0.3, 0.4) is 0 Å². The van der Waals surface area contributed by atoms with Gasteiger partial charge in [-0.3, -0.25) is 0 Å². The van der Waals surface area contributed by atoms with Crippen LogP contribution in [0.1, 0.15) is 6.92 Å². The van der Waals surface area contributed by atoms with Gasteiger partial charge < -0.3 is 15.5 Å². The Morgan fingerprint density at radius 3 is 2.10 bits per heavy atom. The molecule has 0 fully saturated rings. The molecule has 0 aromatic heterocycles. The zero-order valence-corrected chi connectivity index (χ0v) is 11.3. The second-order valence-electron chi connectivity index (χ2n) is 4.48. The van der Waals surface area contributed by atoms with Gasteiger partial charge in [-0.1, -0.05) is 0 Å². The van der Waals surface area contributed by atoms with Gasteiger partial charge in [0.05, 0.1) is 11.5 Å². The van der Waals surface area contributed by atoms with Crippen LogP contribution in [0, 0.1) is 0 Å². The lowest BCUT2D eigenvalue weighted by molar-refractivity contribution is -0.0436. The topological polar surface area (TPSA) is 86.6 Å². The first-order valence-corrected chi connectivity index (χ1v) is 6.96. The molecule has 1 aromatic carbocycles. The fourth-order valence-corrected chi connectivity index (χ4v) is 2.00. The Morgan fingerprint density at radius 2 is 1.70 bits per heavy atom. The first kappa shape index (κ1) is 16.7. The summed E-state index contributed by atoms with van der Waals surface area (Å²) in [6.07, 6.45) is 0. The summed E-state index contributed by atoms with van der Waals surface area (Å²) in [6, 6.07) is 3.93. The third-order valence-corrected chi connectivity index (χ3v) is 3.99. The van der Waals surface area contributed by atoms with Gasteiger partial charge in [0.2, 0.25) is 0 Å². The number of sulfone groups is 1. The molecule has 0 spiro atoms. The van der Waals surface area contributed by atoms with Crippen molar-refractivity contribution in [3.63, 3.8) is 0 Å². The predicted octanol–water partition coefficient (Wildman–Crippen LogP) is 1.14. The van der Waals surface area contributed by atoms with Crippen LogP contribution in [-0.4, -0.2) is 42.9 Å². The molecule has 1 aromatic rings. The molecule has 0 saturated heterocycles. The average molecular weight is 313 g/mol. The van der Waals surface area contributed by atoms with Gasteiger partial charge in [0.1, 0.15) is 5.60 Å². The van der Waals surface area contributed by atoms with Gasteiger partial charge in [0.25, 0.3) is 9.84 Å². The van der Waals surface area contributed by atoms with Gasteiger partial charge in [0.15, 0.2) is 0 Å². The number of rotatable bonds is 5. The molecular weight excluding hydrogens is 299 g/mol. The van der Waals surface area contributed by atoms with Crippen molar-refractivity contribution in [1.82, 2.24) is 0 Å². The highest BCUT2D eigenvalue weighted by Gasteiger charge is 2.46. The van der Waals surface area contributed by atoms with Crippen LogP contribution in [0.5, 0.6) is 0 Å². The number of hydrogen-bond acceptors (Lipinski definition) is 5. The van der Waals surface area contributed by atoms with E-state index < -0.39 is 32.4 Å². The Labute approximate surface area is 114 Å². The van der Waals surface area contributed by atoms with Crippen molar-refractivity contribution < 1.29 is 31.8 Å². The first-order chi connectivity index (χ1) is 8.99. The van der Waals surface area contributed by atoms with Crippen LogP contribution in [0.2, 0.25) is 0 Å². The molecule has 1 atom stereocenters. The maximum atomic E-state index is 12.3. The van der Waals surface area contributed by atoms with Crippen molar-refractivity contribution in [2.75, 3.05) is 18.5 Å². The molecule has 0 saturated carbocycles. The molecule has 0 aliphatic heterocycles. The summed E-state index contributed by atoms with van der Waals surface area (Å²) in [5, 5.41) is 21.0. The Bertz CT molecular complexity index is 552.